The van der Waals surface area contributed by atoms with E-state index in [-0.39, 0.29) is 7.95 Å². The smallest absolute Gasteiger partial charge is 0.0952 e. The third kappa shape index (κ3) is 6.86. The first-order valence-electron chi connectivity index (χ1n) is 2.95. The number of alkyl halides is 1. The standard InChI is InChI=1S/C5H13ClSSi/c1-8(2)7-5-3-4-6/h8H,3-5H2,1-2H3. The number of rotatable bonds is 4. The molecule has 0 fully saturated rings. The minimum atomic E-state index is -0.344. The van der Waals surface area contributed by atoms with Gasteiger partial charge in [-0.2, -0.15) is 11.2 Å². The molecule has 0 amide bonds. The van der Waals surface area contributed by atoms with Crippen molar-refractivity contribution in [3.63, 3.8) is 0 Å². The third-order valence-electron chi connectivity index (χ3n) is 0.729. The van der Waals surface area contributed by atoms with Crippen LogP contribution in [0.3, 0.4) is 0 Å². The molecule has 0 aromatic rings. The summed E-state index contributed by atoms with van der Waals surface area (Å²) in [5.41, 5.74) is 0. The van der Waals surface area contributed by atoms with Gasteiger partial charge in [-0.15, -0.1) is 11.6 Å². The highest BCUT2D eigenvalue weighted by Crippen LogP contribution is 2.07. The summed E-state index contributed by atoms with van der Waals surface area (Å²) in [6.45, 7) is 4.69. The van der Waals surface area contributed by atoms with Gasteiger partial charge in [0.1, 0.15) is 0 Å². The molecule has 0 unspecified atom stereocenters. The molecule has 0 aliphatic carbocycles. The maximum absolute atomic E-state index is 5.49. The average molecular weight is 169 g/mol. The number of hydrogen-bond donors (Lipinski definition) is 0. The molecule has 0 saturated heterocycles. The number of hydrogen-bond acceptors (Lipinski definition) is 1. The van der Waals surface area contributed by atoms with Gasteiger partial charge in [0.2, 0.25) is 0 Å². The first-order chi connectivity index (χ1) is 3.77. The molecule has 0 aromatic carbocycles. The zero-order valence-corrected chi connectivity index (χ0v) is 8.21. The van der Waals surface area contributed by atoms with E-state index in [0.717, 1.165) is 5.88 Å². The van der Waals surface area contributed by atoms with Gasteiger partial charge in [-0.3, -0.25) is 0 Å². The molecule has 0 N–H and O–H groups in total. The van der Waals surface area contributed by atoms with Crippen LogP contribution in [0.1, 0.15) is 6.42 Å². The molecule has 0 nitrogen and oxygen atoms in total. The quantitative estimate of drug-likeness (QED) is 0.353. The van der Waals surface area contributed by atoms with Crippen LogP contribution < -0.4 is 0 Å². The van der Waals surface area contributed by atoms with E-state index in [1.54, 1.807) is 0 Å². The van der Waals surface area contributed by atoms with Crippen LogP contribution in [0.25, 0.3) is 0 Å². The summed E-state index contributed by atoms with van der Waals surface area (Å²) in [6.07, 6.45) is 1.18. The molecule has 0 rings (SSSR count). The topological polar surface area (TPSA) is 0 Å². The lowest BCUT2D eigenvalue weighted by Gasteiger charge is -1.99. The zero-order chi connectivity index (χ0) is 6.41. The Bertz CT molecular complexity index is 49.7. The van der Waals surface area contributed by atoms with Crippen molar-refractivity contribution in [1.29, 1.82) is 0 Å². The van der Waals surface area contributed by atoms with Crippen LogP contribution in [0.15, 0.2) is 0 Å². The normalized spacial score (nSPS) is 10.5. The van der Waals surface area contributed by atoms with E-state index >= 15 is 0 Å². The summed E-state index contributed by atoms with van der Waals surface area (Å²) in [5, 5.41) is 0. The van der Waals surface area contributed by atoms with Crippen LogP contribution in [-0.2, 0) is 0 Å². The van der Waals surface area contributed by atoms with Crippen molar-refractivity contribution in [3.05, 3.63) is 0 Å². The third-order valence-corrected chi connectivity index (χ3v) is 4.89. The highest BCUT2D eigenvalue weighted by Gasteiger charge is 1.92. The maximum Gasteiger partial charge on any atom is 0.0952 e. The Morgan fingerprint density at radius 3 is 2.50 bits per heavy atom. The lowest BCUT2D eigenvalue weighted by atomic mass is 10.6. The average Bonchev–Trinajstić information content (AvgIpc) is 1.66. The Balaban J connectivity index is 2.72. The monoisotopic (exact) mass is 168 g/mol. The van der Waals surface area contributed by atoms with E-state index in [2.05, 4.69) is 24.3 Å². The van der Waals surface area contributed by atoms with Crippen LogP contribution in [0.2, 0.25) is 13.1 Å². The molecule has 50 valence electrons. The Morgan fingerprint density at radius 1 is 1.50 bits per heavy atom. The lowest BCUT2D eigenvalue weighted by Crippen LogP contribution is -1.94. The Morgan fingerprint density at radius 2 is 2.12 bits per heavy atom. The minimum absolute atomic E-state index is 0.344. The van der Waals surface area contributed by atoms with Gasteiger partial charge in [0.05, 0.1) is 7.95 Å². The summed E-state index contributed by atoms with van der Waals surface area (Å²) in [5.74, 6) is 2.10. The van der Waals surface area contributed by atoms with Gasteiger partial charge in [-0.05, 0) is 12.2 Å². The largest absolute Gasteiger partial charge is 0.190 e. The lowest BCUT2D eigenvalue weighted by molar-refractivity contribution is 1.12. The Labute approximate surface area is 62.2 Å². The maximum atomic E-state index is 5.49. The molecule has 0 aliphatic heterocycles. The second-order valence-corrected chi connectivity index (χ2v) is 9.01. The van der Waals surface area contributed by atoms with Gasteiger partial charge < -0.3 is 0 Å². The van der Waals surface area contributed by atoms with Crippen LogP contribution in [0, 0.1) is 0 Å². The molecule has 0 spiro atoms. The molecule has 8 heavy (non-hydrogen) atoms. The zero-order valence-electron chi connectivity index (χ0n) is 5.48. The summed E-state index contributed by atoms with van der Waals surface area (Å²) in [4.78, 5) is 0. The second kappa shape index (κ2) is 5.98. The molecule has 0 bridgehead atoms. The van der Waals surface area contributed by atoms with Crippen LogP contribution in [0.4, 0.5) is 0 Å². The van der Waals surface area contributed by atoms with E-state index in [1.165, 1.54) is 12.2 Å². The summed E-state index contributed by atoms with van der Waals surface area (Å²) >= 11 is 7.60. The van der Waals surface area contributed by atoms with E-state index in [1.807, 2.05) is 0 Å². The molecule has 0 atom stereocenters. The summed E-state index contributed by atoms with van der Waals surface area (Å²) < 4.78 is 0. The Kier molecular flexibility index (Phi) is 6.63. The van der Waals surface area contributed by atoms with Crippen molar-refractivity contribution in [2.24, 2.45) is 0 Å². The fourth-order valence-corrected chi connectivity index (χ4v) is 3.36. The van der Waals surface area contributed by atoms with Gasteiger partial charge in [0, 0.05) is 5.88 Å². The fraction of sp³-hybridized carbons (Fsp3) is 1.00. The minimum Gasteiger partial charge on any atom is -0.190 e. The molecular weight excluding hydrogens is 156 g/mol. The van der Waals surface area contributed by atoms with Gasteiger partial charge in [0.15, 0.2) is 0 Å². The Hall–Kier alpha value is 0.857. The molecule has 0 saturated carbocycles. The first-order valence-corrected chi connectivity index (χ1v) is 8.25. The highest BCUT2D eigenvalue weighted by molar-refractivity contribution is 8.25. The highest BCUT2D eigenvalue weighted by atomic mass is 35.5. The van der Waals surface area contributed by atoms with Crippen molar-refractivity contribution in [3.8, 4) is 0 Å². The van der Waals surface area contributed by atoms with Crippen LogP contribution in [-0.4, -0.2) is 19.6 Å². The fourth-order valence-electron chi connectivity index (χ4n) is 0.374. The van der Waals surface area contributed by atoms with Gasteiger partial charge in [-0.25, -0.2) is 0 Å². The van der Waals surface area contributed by atoms with Crippen molar-refractivity contribution in [2.75, 3.05) is 11.6 Å². The SMILES string of the molecule is C[SiH](C)SCCCCl. The van der Waals surface area contributed by atoms with E-state index in [9.17, 15) is 0 Å². The summed E-state index contributed by atoms with van der Waals surface area (Å²) in [6, 6.07) is 0. The molecule has 3 heteroatoms. The first kappa shape index (κ1) is 8.86. The van der Waals surface area contributed by atoms with Gasteiger partial charge in [-0.1, -0.05) is 13.1 Å². The van der Waals surface area contributed by atoms with E-state index in [4.69, 9.17) is 11.6 Å². The molecule has 0 aromatic heterocycles. The molecule has 0 heterocycles. The predicted molar refractivity (Wildman–Crippen MR) is 46.7 cm³/mol. The number of halogens is 1. The predicted octanol–water partition coefficient (Wildman–Crippen LogP) is 2.33. The van der Waals surface area contributed by atoms with Gasteiger partial charge >= 0.3 is 0 Å². The second-order valence-electron chi connectivity index (χ2n) is 1.96. The van der Waals surface area contributed by atoms with Crippen molar-refractivity contribution in [2.45, 2.75) is 19.5 Å². The van der Waals surface area contributed by atoms with E-state index < -0.39 is 0 Å². The van der Waals surface area contributed by atoms with Crippen molar-refractivity contribution in [1.82, 2.24) is 0 Å². The van der Waals surface area contributed by atoms with Crippen molar-refractivity contribution >= 4 is 30.8 Å². The van der Waals surface area contributed by atoms with Gasteiger partial charge in [0.25, 0.3) is 0 Å². The van der Waals surface area contributed by atoms with Crippen LogP contribution >= 0.6 is 22.8 Å². The molecule has 0 aliphatic rings. The van der Waals surface area contributed by atoms with E-state index in [0.29, 0.717) is 0 Å². The molecule has 0 radical (unpaired) electrons. The van der Waals surface area contributed by atoms with Crippen molar-refractivity contribution < 1.29 is 0 Å². The van der Waals surface area contributed by atoms with Crippen LogP contribution in [0.5, 0.6) is 0 Å². The summed E-state index contributed by atoms with van der Waals surface area (Å²) in [7, 11) is -0.344. The molecular formula is C5H13ClSSi.